The van der Waals surface area contributed by atoms with E-state index in [1.54, 1.807) is 6.07 Å². The maximum atomic E-state index is 11.2. The summed E-state index contributed by atoms with van der Waals surface area (Å²) in [4.78, 5) is 16.3. The van der Waals surface area contributed by atoms with E-state index < -0.39 is 37.1 Å². The molecule has 0 saturated carbocycles. The van der Waals surface area contributed by atoms with E-state index in [4.69, 9.17) is 16.2 Å². The number of nitrogens with zero attached hydrogens (tertiary/aromatic N) is 2. The third-order valence-electron chi connectivity index (χ3n) is 3.88. The highest BCUT2D eigenvalue weighted by Crippen LogP contribution is 2.37. The van der Waals surface area contributed by atoms with E-state index in [-0.39, 0.29) is 17.9 Å². The van der Waals surface area contributed by atoms with Gasteiger partial charge in [0.1, 0.15) is 24.1 Å². The highest BCUT2D eigenvalue weighted by molar-refractivity contribution is 7.13. The van der Waals surface area contributed by atoms with Gasteiger partial charge in [-0.3, -0.25) is 9.36 Å². The average molecular weight is 354 g/mol. The van der Waals surface area contributed by atoms with Gasteiger partial charge in [0, 0.05) is 0 Å². The molecule has 0 bridgehead atoms. The summed E-state index contributed by atoms with van der Waals surface area (Å²) in [5.41, 5.74) is 11.6. The Labute approximate surface area is 141 Å². The third kappa shape index (κ3) is 2.78. The Bertz CT molecular complexity index is 732. The molecule has 7 N–H and O–H groups in total. The van der Waals surface area contributed by atoms with Crippen LogP contribution in [0.4, 0.5) is 5.82 Å². The smallest absolute Gasteiger partial charge is 0.223 e. The van der Waals surface area contributed by atoms with Crippen LogP contribution in [0.1, 0.15) is 11.9 Å². The predicted octanol–water partition coefficient (Wildman–Crippen LogP) is -1.17. The molecule has 0 spiro atoms. The number of nitrogens with two attached hydrogens (primary N) is 2. The normalized spacial score (nSPS) is 26.8. The number of carbonyl (C=O) groups excluding carboxylic acids is 1. The van der Waals surface area contributed by atoms with Gasteiger partial charge < -0.3 is 31.5 Å². The molecule has 1 aliphatic rings. The Balaban J connectivity index is 2.09. The number of aliphatic hydroxyl groups is 3. The van der Waals surface area contributed by atoms with Gasteiger partial charge in [0.25, 0.3) is 0 Å². The number of amides is 1. The first kappa shape index (κ1) is 16.9. The van der Waals surface area contributed by atoms with Crippen LogP contribution in [0.25, 0.3) is 10.7 Å². The summed E-state index contributed by atoms with van der Waals surface area (Å²) in [5.74, 6) is -0.0779. The average Bonchev–Trinajstić information content (AvgIpc) is 3.22. The fourth-order valence-corrected chi connectivity index (χ4v) is 3.43. The molecule has 0 unspecified atom stereocenters. The van der Waals surface area contributed by atoms with E-state index in [0.29, 0.717) is 5.82 Å². The van der Waals surface area contributed by atoms with Crippen molar-refractivity contribution < 1.29 is 24.9 Å². The van der Waals surface area contributed by atoms with Gasteiger partial charge in [0.05, 0.1) is 23.6 Å². The van der Waals surface area contributed by atoms with E-state index >= 15 is 0 Å². The Kier molecular flexibility index (Phi) is 4.56. The lowest BCUT2D eigenvalue weighted by atomic mass is 10.1. The first-order valence-electron chi connectivity index (χ1n) is 7.25. The van der Waals surface area contributed by atoms with Crippen molar-refractivity contribution in [3.63, 3.8) is 0 Å². The number of carbonyl (C=O) groups is 1. The van der Waals surface area contributed by atoms with E-state index in [0.717, 1.165) is 4.88 Å². The third-order valence-corrected chi connectivity index (χ3v) is 4.74. The summed E-state index contributed by atoms with van der Waals surface area (Å²) in [6.07, 6.45) is -4.71. The number of anilines is 1. The fraction of sp³-hybridized carbons (Fsp3) is 0.429. The summed E-state index contributed by atoms with van der Waals surface area (Å²) in [6, 6.07) is 3.62. The van der Waals surface area contributed by atoms with Crippen molar-refractivity contribution in [1.29, 1.82) is 0 Å². The number of rotatable bonds is 5. The lowest BCUT2D eigenvalue weighted by Crippen LogP contribution is -2.33. The number of aliphatic hydroxyl groups excluding tert-OH is 3. The Morgan fingerprint density at radius 1 is 1.42 bits per heavy atom. The minimum Gasteiger partial charge on any atom is -0.394 e. The first-order valence-corrected chi connectivity index (χ1v) is 8.13. The van der Waals surface area contributed by atoms with Crippen LogP contribution in [-0.2, 0) is 16.0 Å². The van der Waals surface area contributed by atoms with E-state index in [1.165, 1.54) is 15.9 Å². The molecule has 4 atom stereocenters. The van der Waals surface area contributed by atoms with Gasteiger partial charge in [-0.2, -0.15) is 0 Å². The zero-order chi connectivity index (χ0) is 17.4. The van der Waals surface area contributed by atoms with Crippen LogP contribution in [0.2, 0.25) is 0 Å². The summed E-state index contributed by atoms with van der Waals surface area (Å²) in [6.45, 7) is -0.453. The van der Waals surface area contributed by atoms with Crippen molar-refractivity contribution in [2.24, 2.45) is 5.73 Å². The maximum Gasteiger partial charge on any atom is 0.223 e. The summed E-state index contributed by atoms with van der Waals surface area (Å²) in [5, 5.41) is 31.3. The second-order valence-corrected chi connectivity index (χ2v) is 6.43. The lowest BCUT2D eigenvalue weighted by Gasteiger charge is -2.20. The van der Waals surface area contributed by atoms with E-state index in [2.05, 4.69) is 4.98 Å². The van der Waals surface area contributed by atoms with Crippen LogP contribution < -0.4 is 11.5 Å². The molecule has 0 aliphatic carbocycles. The SMILES string of the molecule is NC(=O)Cc1nc(-c2cccs2)n([C@@H]2O[C@H](CO)[C@@H](O)[C@H]2O)c1N. The molecule has 2 aromatic heterocycles. The number of thiophene rings is 1. The number of primary amides is 1. The molecular weight excluding hydrogens is 336 g/mol. The first-order chi connectivity index (χ1) is 11.4. The Morgan fingerprint density at radius 2 is 2.17 bits per heavy atom. The molecule has 1 saturated heterocycles. The van der Waals surface area contributed by atoms with Crippen molar-refractivity contribution in [1.82, 2.24) is 9.55 Å². The number of nitrogen functional groups attached to an aromatic ring is 1. The van der Waals surface area contributed by atoms with Crippen LogP contribution >= 0.6 is 11.3 Å². The quantitative estimate of drug-likeness (QED) is 0.453. The van der Waals surface area contributed by atoms with Gasteiger partial charge in [0.15, 0.2) is 12.1 Å². The molecule has 2 aromatic rings. The van der Waals surface area contributed by atoms with Crippen LogP contribution in [0.5, 0.6) is 0 Å². The number of hydrogen-bond donors (Lipinski definition) is 5. The number of hydrogen-bond acceptors (Lipinski definition) is 8. The minimum absolute atomic E-state index is 0.118. The molecule has 130 valence electrons. The van der Waals surface area contributed by atoms with Crippen molar-refractivity contribution in [2.75, 3.05) is 12.3 Å². The molecule has 3 rings (SSSR count). The minimum atomic E-state index is -1.31. The lowest BCUT2D eigenvalue weighted by molar-refractivity contribution is -0.117. The largest absolute Gasteiger partial charge is 0.394 e. The summed E-state index contributed by atoms with van der Waals surface area (Å²) in [7, 11) is 0. The van der Waals surface area contributed by atoms with Crippen molar-refractivity contribution in [3.05, 3.63) is 23.2 Å². The Hall–Kier alpha value is -1.98. The van der Waals surface area contributed by atoms with Crippen LogP contribution in [0, 0.1) is 0 Å². The molecule has 1 fully saturated rings. The van der Waals surface area contributed by atoms with Crippen LogP contribution in [0.15, 0.2) is 17.5 Å². The molecular formula is C14H18N4O5S. The zero-order valence-electron chi connectivity index (χ0n) is 12.6. The monoisotopic (exact) mass is 354 g/mol. The van der Waals surface area contributed by atoms with Crippen molar-refractivity contribution in [3.8, 4) is 10.7 Å². The molecule has 9 nitrogen and oxygen atoms in total. The van der Waals surface area contributed by atoms with Gasteiger partial charge in [0.2, 0.25) is 5.91 Å². The maximum absolute atomic E-state index is 11.2. The summed E-state index contributed by atoms with van der Waals surface area (Å²) >= 11 is 1.39. The fourth-order valence-electron chi connectivity index (χ4n) is 2.72. The molecule has 0 aromatic carbocycles. The van der Waals surface area contributed by atoms with Gasteiger partial charge in [-0.05, 0) is 11.4 Å². The van der Waals surface area contributed by atoms with Crippen LogP contribution in [-0.4, -0.2) is 55.7 Å². The second-order valence-electron chi connectivity index (χ2n) is 5.49. The molecule has 1 amide bonds. The molecule has 0 radical (unpaired) electrons. The number of aromatic nitrogens is 2. The standard InChI is InChI=1S/C14H18N4O5S/c15-9(20)4-6-12(16)18(13(17-6)8-2-1-3-24-8)14-11(22)10(21)7(5-19)23-14/h1-3,7,10-11,14,19,21-22H,4-5,16H2,(H2,15,20)/t7-,10-,11-,14-/m1/s1. The summed E-state index contributed by atoms with van der Waals surface area (Å²) < 4.78 is 6.96. The molecule has 3 heterocycles. The highest BCUT2D eigenvalue weighted by Gasteiger charge is 2.45. The van der Waals surface area contributed by atoms with Crippen molar-refractivity contribution >= 4 is 23.1 Å². The number of ether oxygens (including phenoxy) is 1. The van der Waals surface area contributed by atoms with Gasteiger partial charge in [-0.15, -0.1) is 11.3 Å². The van der Waals surface area contributed by atoms with Gasteiger partial charge in [-0.1, -0.05) is 6.07 Å². The molecule has 10 heteroatoms. The highest BCUT2D eigenvalue weighted by atomic mass is 32.1. The number of imidazole rings is 1. The molecule has 1 aliphatic heterocycles. The van der Waals surface area contributed by atoms with Crippen LogP contribution in [0.3, 0.4) is 0 Å². The van der Waals surface area contributed by atoms with E-state index in [9.17, 15) is 20.1 Å². The van der Waals surface area contributed by atoms with E-state index in [1.807, 2.05) is 11.4 Å². The predicted molar refractivity (Wildman–Crippen MR) is 85.9 cm³/mol. The van der Waals surface area contributed by atoms with Gasteiger partial charge in [-0.25, -0.2) is 4.98 Å². The second kappa shape index (κ2) is 6.49. The zero-order valence-corrected chi connectivity index (χ0v) is 13.4. The van der Waals surface area contributed by atoms with Crippen molar-refractivity contribution in [2.45, 2.75) is 31.0 Å². The van der Waals surface area contributed by atoms with Gasteiger partial charge >= 0.3 is 0 Å². The Morgan fingerprint density at radius 3 is 2.71 bits per heavy atom. The topological polar surface area (TPSA) is 157 Å². The molecule has 24 heavy (non-hydrogen) atoms.